The van der Waals surface area contributed by atoms with Gasteiger partial charge >= 0.3 is 0 Å². The van der Waals surface area contributed by atoms with Crippen LogP contribution in [0.4, 0.5) is 16.0 Å². The Morgan fingerprint density at radius 2 is 2.29 bits per heavy atom. The molecule has 0 aliphatic heterocycles. The molecule has 1 aromatic carbocycles. The van der Waals surface area contributed by atoms with Gasteiger partial charge in [-0.2, -0.15) is 0 Å². The fraction of sp³-hybridized carbons (Fsp3) is 0.250. The highest BCUT2D eigenvalue weighted by Gasteiger charge is 2.06. The molecule has 0 aliphatic carbocycles. The highest BCUT2D eigenvalue weighted by Crippen LogP contribution is 2.22. The highest BCUT2D eigenvalue weighted by molar-refractivity contribution is 6.30. The van der Waals surface area contributed by atoms with Crippen molar-refractivity contribution in [2.45, 2.75) is 19.9 Å². The minimum Gasteiger partial charge on any atom is -0.323 e. The molecule has 17 heavy (non-hydrogen) atoms. The van der Waals surface area contributed by atoms with E-state index in [2.05, 4.69) is 17.2 Å². The quantitative estimate of drug-likeness (QED) is 0.898. The molecule has 0 bridgehead atoms. The number of hydrogen-bond donors (Lipinski definition) is 1. The lowest BCUT2D eigenvalue weighted by Crippen LogP contribution is -2.03. The second-order valence-corrected chi connectivity index (χ2v) is 4.13. The van der Waals surface area contributed by atoms with Crippen molar-refractivity contribution in [3.63, 3.8) is 0 Å². The van der Waals surface area contributed by atoms with Crippen LogP contribution in [-0.2, 0) is 6.54 Å². The van der Waals surface area contributed by atoms with E-state index in [9.17, 15) is 4.39 Å². The predicted octanol–water partition coefficient (Wildman–Crippen LogP) is 3.83. The summed E-state index contributed by atoms with van der Waals surface area (Å²) >= 11 is 5.69. The monoisotopic (exact) mass is 253 g/mol. The van der Waals surface area contributed by atoms with Crippen molar-refractivity contribution < 1.29 is 4.39 Å². The summed E-state index contributed by atoms with van der Waals surface area (Å²) < 4.78 is 15.5. The molecule has 2 aromatic rings. The second kappa shape index (κ2) is 5.19. The van der Waals surface area contributed by atoms with E-state index < -0.39 is 0 Å². The Morgan fingerprint density at radius 3 is 3.00 bits per heavy atom. The Bertz CT molecular complexity index is 510. The molecule has 1 aromatic heterocycles. The molecule has 1 heterocycles. The third-order valence-corrected chi connectivity index (χ3v) is 2.59. The zero-order valence-electron chi connectivity index (χ0n) is 9.45. The number of aromatic nitrogens is 2. The van der Waals surface area contributed by atoms with E-state index in [0.717, 1.165) is 13.0 Å². The van der Waals surface area contributed by atoms with Crippen LogP contribution in [0.1, 0.15) is 13.3 Å². The van der Waals surface area contributed by atoms with Gasteiger partial charge in [0.15, 0.2) is 0 Å². The zero-order chi connectivity index (χ0) is 12.3. The van der Waals surface area contributed by atoms with E-state index in [1.807, 2.05) is 10.8 Å². The number of imidazole rings is 1. The van der Waals surface area contributed by atoms with Gasteiger partial charge in [0.1, 0.15) is 5.82 Å². The van der Waals surface area contributed by atoms with Gasteiger partial charge in [-0.15, -0.1) is 0 Å². The van der Waals surface area contributed by atoms with Crippen molar-refractivity contribution >= 4 is 23.2 Å². The van der Waals surface area contributed by atoms with Crippen molar-refractivity contribution in [3.05, 3.63) is 41.4 Å². The molecule has 0 aliphatic rings. The summed E-state index contributed by atoms with van der Waals surface area (Å²) in [5.74, 6) is 0.247. The molecule has 0 fully saturated rings. The van der Waals surface area contributed by atoms with Crippen molar-refractivity contribution in [1.82, 2.24) is 9.55 Å². The van der Waals surface area contributed by atoms with Crippen LogP contribution < -0.4 is 5.32 Å². The molecule has 1 N–H and O–H groups in total. The van der Waals surface area contributed by atoms with Crippen LogP contribution in [0.2, 0.25) is 5.02 Å². The lowest BCUT2D eigenvalue weighted by molar-refractivity contribution is 0.630. The van der Waals surface area contributed by atoms with Gasteiger partial charge in [-0.25, -0.2) is 9.37 Å². The summed E-state index contributed by atoms with van der Waals surface area (Å²) in [5.41, 5.74) is 0.373. The van der Waals surface area contributed by atoms with Gasteiger partial charge in [0, 0.05) is 24.0 Å². The molecule has 90 valence electrons. The van der Waals surface area contributed by atoms with Crippen LogP contribution in [0.25, 0.3) is 0 Å². The molecule has 0 spiro atoms. The number of aryl methyl sites for hydroxylation is 1. The first-order chi connectivity index (χ1) is 8.20. The van der Waals surface area contributed by atoms with Crippen LogP contribution in [-0.4, -0.2) is 9.55 Å². The summed E-state index contributed by atoms with van der Waals surface area (Å²) in [4.78, 5) is 4.15. The average Bonchev–Trinajstić information content (AvgIpc) is 2.71. The van der Waals surface area contributed by atoms with Gasteiger partial charge in [0.25, 0.3) is 0 Å². The molecular formula is C12H13ClFN3. The number of benzene rings is 1. The first-order valence-electron chi connectivity index (χ1n) is 5.44. The number of rotatable bonds is 4. The Morgan fingerprint density at radius 1 is 1.47 bits per heavy atom. The summed E-state index contributed by atoms with van der Waals surface area (Å²) in [5, 5.41) is 3.33. The van der Waals surface area contributed by atoms with Gasteiger partial charge in [0.05, 0.1) is 5.69 Å². The number of nitrogens with zero attached hydrogens (tertiary/aromatic N) is 2. The Hall–Kier alpha value is -1.55. The summed E-state index contributed by atoms with van der Waals surface area (Å²) in [6.07, 6.45) is 4.54. The predicted molar refractivity (Wildman–Crippen MR) is 67.2 cm³/mol. The van der Waals surface area contributed by atoms with E-state index in [0.29, 0.717) is 16.7 Å². The molecule has 0 amide bonds. The molecule has 2 rings (SSSR count). The average molecular weight is 254 g/mol. The topological polar surface area (TPSA) is 29.9 Å². The first kappa shape index (κ1) is 11.9. The van der Waals surface area contributed by atoms with E-state index in [1.54, 1.807) is 18.3 Å². The van der Waals surface area contributed by atoms with Crippen LogP contribution in [0.15, 0.2) is 30.6 Å². The molecule has 0 saturated carbocycles. The van der Waals surface area contributed by atoms with Crippen LogP contribution in [0, 0.1) is 5.82 Å². The van der Waals surface area contributed by atoms with Gasteiger partial charge in [-0.1, -0.05) is 18.5 Å². The summed E-state index contributed by atoms with van der Waals surface area (Å²) in [6, 6.07) is 4.51. The van der Waals surface area contributed by atoms with Gasteiger partial charge in [0.2, 0.25) is 5.95 Å². The highest BCUT2D eigenvalue weighted by atomic mass is 35.5. The summed E-state index contributed by atoms with van der Waals surface area (Å²) in [7, 11) is 0. The maximum Gasteiger partial charge on any atom is 0.207 e. The molecule has 0 atom stereocenters. The van der Waals surface area contributed by atoms with E-state index in [4.69, 9.17) is 11.6 Å². The molecular weight excluding hydrogens is 241 g/mol. The molecule has 0 radical (unpaired) electrons. The van der Waals surface area contributed by atoms with Crippen molar-refractivity contribution in [2.75, 3.05) is 5.32 Å². The fourth-order valence-corrected chi connectivity index (χ4v) is 1.72. The Balaban J connectivity index is 2.22. The third-order valence-electron chi connectivity index (χ3n) is 2.36. The van der Waals surface area contributed by atoms with Crippen LogP contribution in [0.5, 0.6) is 0 Å². The molecule has 5 heteroatoms. The fourth-order valence-electron chi connectivity index (χ4n) is 1.57. The maximum atomic E-state index is 13.6. The second-order valence-electron chi connectivity index (χ2n) is 3.69. The maximum absolute atomic E-state index is 13.6. The molecule has 0 saturated heterocycles. The van der Waals surface area contributed by atoms with Gasteiger partial charge in [-0.3, -0.25) is 0 Å². The van der Waals surface area contributed by atoms with Crippen molar-refractivity contribution in [1.29, 1.82) is 0 Å². The van der Waals surface area contributed by atoms with Gasteiger partial charge in [-0.05, 0) is 24.6 Å². The first-order valence-corrected chi connectivity index (χ1v) is 5.81. The van der Waals surface area contributed by atoms with Crippen molar-refractivity contribution in [3.8, 4) is 0 Å². The Kier molecular flexibility index (Phi) is 3.64. The molecule has 0 unspecified atom stereocenters. The Labute approximate surface area is 104 Å². The lowest BCUT2D eigenvalue weighted by atomic mass is 10.3. The number of anilines is 2. The zero-order valence-corrected chi connectivity index (χ0v) is 10.2. The normalized spacial score (nSPS) is 10.5. The van der Waals surface area contributed by atoms with Crippen LogP contribution in [0.3, 0.4) is 0 Å². The summed E-state index contributed by atoms with van der Waals surface area (Å²) in [6.45, 7) is 2.92. The smallest absolute Gasteiger partial charge is 0.207 e. The lowest BCUT2D eigenvalue weighted by Gasteiger charge is -2.09. The minimum absolute atomic E-state index is 0.373. The van der Waals surface area contributed by atoms with E-state index in [1.165, 1.54) is 6.07 Å². The SMILES string of the molecule is CCCn1ccnc1Nc1ccc(Cl)cc1F. The standard InChI is InChI=1S/C12H13ClFN3/c1-2-6-17-7-5-15-12(17)16-11-4-3-9(13)8-10(11)14/h3-5,7-8H,2,6H2,1H3,(H,15,16). The van der Waals surface area contributed by atoms with Crippen LogP contribution >= 0.6 is 11.6 Å². The largest absolute Gasteiger partial charge is 0.323 e. The number of halogens is 2. The number of hydrogen-bond acceptors (Lipinski definition) is 2. The number of nitrogens with one attached hydrogen (secondary N) is 1. The van der Waals surface area contributed by atoms with Gasteiger partial charge < -0.3 is 9.88 Å². The van der Waals surface area contributed by atoms with E-state index in [-0.39, 0.29) is 5.82 Å². The van der Waals surface area contributed by atoms with E-state index >= 15 is 0 Å². The van der Waals surface area contributed by atoms with Crippen molar-refractivity contribution in [2.24, 2.45) is 0 Å². The molecule has 3 nitrogen and oxygen atoms in total. The minimum atomic E-state index is -0.386. The third kappa shape index (κ3) is 2.77.